The highest BCUT2D eigenvalue weighted by Gasteiger charge is 2.10. The highest BCUT2D eigenvalue weighted by atomic mass is 35.5. The molecule has 2 nitrogen and oxygen atoms in total. The molecule has 84 valence electrons. The topological polar surface area (TPSA) is 52.0 Å². The summed E-state index contributed by atoms with van der Waals surface area (Å²) in [6.45, 7) is 4.38. The smallest absolute Gasteiger partial charge is 0.0410 e. The van der Waals surface area contributed by atoms with Crippen molar-refractivity contribution in [2.24, 2.45) is 11.7 Å². The highest BCUT2D eigenvalue weighted by molar-refractivity contribution is 6.30. The Kier molecular flexibility index (Phi) is 4.43. The fourth-order valence-electron chi connectivity index (χ4n) is 1.54. The fraction of sp³-hybridized carbons (Fsp3) is 0.500. The van der Waals surface area contributed by atoms with Gasteiger partial charge in [0.25, 0.3) is 0 Å². The van der Waals surface area contributed by atoms with Crippen LogP contribution in [0.1, 0.15) is 38.3 Å². The normalized spacial score (nSPS) is 13.1. The second-order valence-electron chi connectivity index (χ2n) is 4.35. The minimum Gasteiger partial charge on any atom is -0.398 e. The Morgan fingerprint density at radius 3 is 2.53 bits per heavy atom. The summed E-state index contributed by atoms with van der Waals surface area (Å²) in [5.41, 5.74) is 13.6. The molecular formula is C12H19ClN2. The van der Waals surface area contributed by atoms with E-state index in [0.29, 0.717) is 10.9 Å². The van der Waals surface area contributed by atoms with Crippen LogP contribution in [0.15, 0.2) is 18.2 Å². The molecule has 0 unspecified atom stereocenters. The molecule has 1 aromatic rings. The van der Waals surface area contributed by atoms with Gasteiger partial charge in [-0.3, -0.25) is 0 Å². The number of halogens is 1. The summed E-state index contributed by atoms with van der Waals surface area (Å²) >= 11 is 5.91. The summed E-state index contributed by atoms with van der Waals surface area (Å²) in [6, 6.07) is 5.45. The number of anilines is 1. The maximum absolute atomic E-state index is 6.07. The molecule has 0 aromatic heterocycles. The first-order valence-corrected chi connectivity index (χ1v) is 5.69. The van der Waals surface area contributed by atoms with E-state index in [1.54, 1.807) is 6.07 Å². The predicted octanol–water partition coefficient (Wildman–Crippen LogP) is 3.36. The van der Waals surface area contributed by atoms with Gasteiger partial charge < -0.3 is 11.5 Å². The molecule has 0 amide bonds. The molecule has 0 spiro atoms. The van der Waals surface area contributed by atoms with E-state index in [0.717, 1.165) is 24.1 Å². The Hall–Kier alpha value is -0.730. The van der Waals surface area contributed by atoms with E-state index in [2.05, 4.69) is 13.8 Å². The lowest BCUT2D eigenvalue weighted by Gasteiger charge is -2.15. The number of hydrogen-bond donors (Lipinski definition) is 2. The summed E-state index contributed by atoms with van der Waals surface area (Å²) < 4.78 is 0. The summed E-state index contributed by atoms with van der Waals surface area (Å²) in [5, 5.41) is 0.694. The van der Waals surface area contributed by atoms with Gasteiger partial charge in [0.2, 0.25) is 0 Å². The van der Waals surface area contributed by atoms with Gasteiger partial charge in [-0.2, -0.15) is 0 Å². The zero-order valence-electron chi connectivity index (χ0n) is 9.33. The lowest BCUT2D eigenvalue weighted by molar-refractivity contribution is 0.508. The molecule has 0 aliphatic heterocycles. The maximum Gasteiger partial charge on any atom is 0.0410 e. The summed E-state index contributed by atoms with van der Waals surface area (Å²) in [5.74, 6) is 0.663. The molecule has 1 aromatic carbocycles. The zero-order chi connectivity index (χ0) is 11.4. The lowest BCUT2D eigenvalue weighted by Crippen LogP contribution is -2.13. The Balaban J connectivity index is 2.72. The SMILES string of the molecule is CC(C)CC[C@@H](N)c1cc(Cl)ccc1N. The van der Waals surface area contributed by atoms with E-state index in [1.807, 2.05) is 12.1 Å². The lowest BCUT2D eigenvalue weighted by atomic mass is 9.97. The van der Waals surface area contributed by atoms with Gasteiger partial charge in [-0.1, -0.05) is 25.4 Å². The monoisotopic (exact) mass is 226 g/mol. The summed E-state index contributed by atoms with van der Waals surface area (Å²) in [4.78, 5) is 0. The van der Waals surface area contributed by atoms with Crippen LogP contribution in [0, 0.1) is 5.92 Å². The Morgan fingerprint density at radius 1 is 1.27 bits per heavy atom. The first-order valence-electron chi connectivity index (χ1n) is 5.31. The molecule has 1 rings (SSSR count). The fourth-order valence-corrected chi connectivity index (χ4v) is 1.72. The van der Waals surface area contributed by atoms with Crippen LogP contribution < -0.4 is 11.5 Å². The van der Waals surface area contributed by atoms with Crippen molar-refractivity contribution in [3.05, 3.63) is 28.8 Å². The van der Waals surface area contributed by atoms with Crippen LogP contribution in [0.2, 0.25) is 5.02 Å². The van der Waals surface area contributed by atoms with Crippen LogP contribution >= 0.6 is 11.6 Å². The van der Waals surface area contributed by atoms with Crippen LogP contribution in [0.5, 0.6) is 0 Å². The predicted molar refractivity (Wildman–Crippen MR) is 66.9 cm³/mol. The molecule has 0 saturated heterocycles. The van der Waals surface area contributed by atoms with Gasteiger partial charge in [-0.15, -0.1) is 0 Å². The molecule has 0 aliphatic carbocycles. The zero-order valence-corrected chi connectivity index (χ0v) is 10.1. The quantitative estimate of drug-likeness (QED) is 0.774. The van der Waals surface area contributed by atoms with E-state index < -0.39 is 0 Å². The highest BCUT2D eigenvalue weighted by Crippen LogP contribution is 2.26. The van der Waals surface area contributed by atoms with E-state index in [9.17, 15) is 0 Å². The standard InChI is InChI=1S/C12H19ClN2/c1-8(2)3-5-11(14)10-7-9(13)4-6-12(10)15/h4,6-8,11H,3,5,14-15H2,1-2H3/t11-/m1/s1. The van der Waals surface area contributed by atoms with Crippen LogP contribution in [0.3, 0.4) is 0 Å². The molecule has 1 atom stereocenters. The molecule has 3 heteroatoms. The minimum atomic E-state index is -0.00824. The van der Waals surface area contributed by atoms with E-state index in [-0.39, 0.29) is 6.04 Å². The molecule has 0 radical (unpaired) electrons. The molecule has 0 bridgehead atoms. The second kappa shape index (κ2) is 5.38. The van der Waals surface area contributed by atoms with Gasteiger partial charge in [0.1, 0.15) is 0 Å². The number of benzene rings is 1. The molecule has 15 heavy (non-hydrogen) atoms. The van der Waals surface area contributed by atoms with Gasteiger partial charge >= 0.3 is 0 Å². The van der Waals surface area contributed by atoms with Crippen molar-refractivity contribution in [1.82, 2.24) is 0 Å². The Labute approximate surface area is 96.6 Å². The van der Waals surface area contributed by atoms with Gasteiger partial charge in [-0.05, 0) is 42.5 Å². The number of nitrogens with two attached hydrogens (primary N) is 2. The minimum absolute atomic E-state index is 0.00824. The maximum atomic E-state index is 6.07. The first-order chi connectivity index (χ1) is 7.00. The van der Waals surface area contributed by atoms with Gasteiger partial charge in [0, 0.05) is 16.8 Å². The molecule has 4 N–H and O–H groups in total. The summed E-state index contributed by atoms with van der Waals surface area (Å²) in [7, 11) is 0. The summed E-state index contributed by atoms with van der Waals surface area (Å²) in [6.07, 6.45) is 2.05. The average Bonchev–Trinajstić information content (AvgIpc) is 2.18. The third-order valence-corrected chi connectivity index (χ3v) is 2.74. The number of hydrogen-bond acceptors (Lipinski definition) is 2. The third-order valence-electron chi connectivity index (χ3n) is 2.50. The Morgan fingerprint density at radius 2 is 1.93 bits per heavy atom. The van der Waals surface area contributed by atoms with Crippen LogP contribution in [-0.2, 0) is 0 Å². The van der Waals surface area contributed by atoms with Crippen molar-refractivity contribution in [2.75, 3.05) is 5.73 Å². The first kappa shape index (κ1) is 12.3. The van der Waals surface area contributed by atoms with Crippen LogP contribution in [0.25, 0.3) is 0 Å². The van der Waals surface area contributed by atoms with Crippen molar-refractivity contribution in [2.45, 2.75) is 32.7 Å². The molecule has 0 aliphatic rings. The van der Waals surface area contributed by atoms with E-state index in [4.69, 9.17) is 23.1 Å². The largest absolute Gasteiger partial charge is 0.398 e. The van der Waals surface area contributed by atoms with Gasteiger partial charge in [0.05, 0.1) is 0 Å². The average molecular weight is 227 g/mol. The van der Waals surface area contributed by atoms with E-state index >= 15 is 0 Å². The number of rotatable bonds is 4. The molecule has 0 fully saturated rings. The molecule has 0 heterocycles. The molecule has 0 saturated carbocycles. The van der Waals surface area contributed by atoms with Crippen molar-refractivity contribution in [1.29, 1.82) is 0 Å². The number of nitrogen functional groups attached to an aromatic ring is 1. The molecular weight excluding hydrogens is 208 g/mol. The van der Waals surface area contributed by atoms with E-state index in [1.165, 1.54) is 0 Å². The third kappa shape index (κ3) is 3.73. The van der Waals surface area contributed by atoms with Crippen molar-refractivity contribution < 1.29 is 0 Å². The van der Waals surface area contributed by atoms with Crippen molar-refractivity contribution in [3.8, 4) is 0 Å². The van der Waals surface area contributed by atoms with Crippen LogP contribution in [0.4, 0.5) is 5.69 Å². The second-order valence-corrected chi connectivity index (χ2v) is 4.79. The van der Waals surface area contributed by atoms with Gasteiger partial charge in [0.15, 0.2) is 0 Å². The van der Waals surface area contributed by atoms with Crippen molar-refractivity contribution >= 4 is 17.3 Å². The van der Waals surface area contributed by atoms with Crippen molar-refractivity contribution in [3.63, 3.8) is 0 Å². The van der Waals surface area contributed by atoms with Gasteiger partial charge in [-0.25, -0.2) is 0 Å². The van der Waals surface area contributed by atoms with Crippen LogP contribution in [-0.4, -0.2) is 0 Å². The Bertz CT molecular complexity index is 323.